The first-order valence-corrected chi connectivity index (χ1v) is 17.1. The Kier molecular flexibility index (Phi) is 12.4. The summed E-state index contributed by atoms with van der Waals surface area (Å²) in [6.45, 7) is 0.670. The van der Waals surface area contributed by atoms with Crippen molar-refractivity contribution in [3.05, 3.63) is 93.5 Å². The van der Waals surface area contributed by atoms with Crippen molar-refractivity contribution in [1.82, 2.24) is 10.9 Å². The molecule has 2 heterocycles. The zero-order valence-electron chi connectivity index (χ0n) is 30.4. The highest BCUT2D eigenvalue weighted by Gasteiger charge is 2.35. The van der Waals surface area contributed by atoms with Crippen molar-refractivity contribution in [2.75, 3.05) is 26.4 Å². The van der Waals surface area contributed by atoms with Crippen molar-refractivity contribution in [1.29, 1.82) is 0 Å². The highest BCUT2D eigenvalue weighted by atomic mass is 19.3. The van der Waals surface area contributed by atoms with E-state index in [1.165, 1.54) is 38.1 Å². The lowest BCUT2D eigenvalue weighted by Gasteiger charge is -2.22. The Morgan fingerprint density at radius 3 is 1.34 bits per heavy atom. The van der Waals surface area contributed by atoms with Crippen LogP contribution in [-0.4, -0.2) is 73.4 Å². The summed E-state index contributed by atoms with van der Waals surface area (Å²) in [7, 11) is 0. The molecule has 3 aromatic carbocycles. The average Bonchev–Trinajstić information content (AvgIpc) is 3.15. The van der Waals surface area contributed by atoms with Crippen LogP contribution >= 0.6 is 0 Å². The summed E-state index contributed by atoms with van der Waals surface area (Å²) in [4.78, 5) is 47.9. The number of halogens is 6. The summed E-state index contributed by atoms with van der Waals surface area (Å²) in [5.74, 6) is -13.1. The zero-order valence-corrected chi connectivity index (χ0v) is 30.4. The Morgan fingerprint density at radius 2 is 1.00 bits per heavy atom. The van der Waals surface area contributed by atoms with E-state index >= 15 is 8.78 Å². The van der Waals surface area contributed by atoms with Crippen LogP contribution in [0, 0.1) is 37.3 Å². The minimum absolute atomic E-state index is 0.0778. The van der Waals surface area contributed by atoms with Gasteiger partial charge in [0, 0.05) is 46.9 Å². The topological polar surface area (TPSA) is 154 Å². The molecule has 0 saturated carbocycles. The van der Waals surface area contributed by atoms with E-state index in [9.17, 15) is 36.7 Å². The third kappa shape index (κ3) is 9.83. The van der Waals surface area contributed by atoms with Crippen LogP contribution in [0.2, 0.25) is 0 Å². The van der Waals surface area contributed by atoms with Crippen LogP contribution in [0.5, 0.6) is 11.5 Å². The van der Waals surface area contributed by atoms with Crippen molar-refractivity contribution in [2.45, 2.75) is 52.4 Å². The number of ether oxygens (including phenoxy) is 4. The van der Waals surface area contributed by atoms with E-state index in [1.54, 1.807) is 13.8 Å². The molecule has 2 unspecified atom stereocenters. The molecule has 56 heavy (non-hydrogen) atoms. The maximum atomic E-state index is 15.1. The van der Waals surface area contributed by atoms with Crippen molar-refractivity contribution < 1.29 is 64.5 Å². The fraction of sp³-hybridized carbons (Fsp3) is 0.368. The van der Waals surface area contributed by atoms with Crippen molar-refractivity contribution >= 4 is 35.2 Å². The second-order valence-electron chi connectivity index (χ2n) is 13.4. The van der Waals surface area contributed by atoms with E-state index in [4.69, 9.17) is 18.9 Å². The summed E-state index contributed by atoms with van der Waals surface area (Å²) < 4.78 is 108. The minimum Gasteiger partial charge on any atom is -0.487 e. The molecule has 12 nitrogen and oxygen atoms in total. The van der Waals surface area contributed by atoms with Gasteiger partial charge >= 0.3 is 23.8 Å². The normalized spacial score (nSPS) is 17.2. The molecule has 2 aliphatic heterocycles. The quantitative estimate of drug-likeness (QED) is 0.148. The van der Waals surface area contributed by atoms with E-state index in [-0.39, 0.29) is 92.8 Å². The molecule has 5 rings (SSSR count). The van der Waals surface area contributed by atoms with Crippen molar-refractivity contribution in [3.8, 4) is 11.5 Å². The standard InChI is InChI=1S/C38H36F6N4O8/c1-19-13-29(49)45-47-33(19)25-9-11-27(21(3)31(25)39)53-15-37(41,42)17-55-35(51)23-5-7-24(8-6-23)36(52)56-18-38(43,44)16-54-28-12-10-26(32(40)22(28)4)34-20(2)14-30(50)46-48-34/h5-12,19-20H,13-18H2,1-4H3,(H,45,49)(H,46,50). The van der Waals surface area contributed by atoms with Crippen LogP contribution in [0.25, 0.3) is 0 Å². The Morgan fingerprint density at radius 1 is 0.643 bits per heavy atom. The molecule has 0 spiro atoms. The molecule has 0 bridgehead atoms. The van der Waals surface area contributed by atoms with Gasteiger partial charge in [-0.2, -0.15) is 27.8 Å². The molecular formula is C38H36F6N4O8. The lowest BCUT2D eigenvalue weighted by molar-refractivity contribution is -0.122. The number of alkyl halides is 4. The SMILES string of the molecule is Cc1c(OCC(F)(F)COC(=O)c2ccc(C(=O)OCC(F)(F)COc3ccc(C4=NNC(=O)CC4C)c(F)c3C)cc2)ccc(C2=NNC(=O)CC2C)c1F. The maximum absolute atomic E-state index is 15.1. The van der Waals surface area contributed by atoms with E-state index in [0.717, 1.165) is 24.3 Å². The molecular weight excluding hydrogens is 754 g/mol. The van der Waals surface area contributed by atoms with Gasteiger partial charge in [-0.3, -0.25) is 9.59 Å². The van der Waals surface area contributed by atoms with E-state index in [2.05, 4.69) is 21.1 Å². The first-order valence-electron chi connectivity index (χ1n) is 17.1. The van der Waals surface area contributed by atoms with Gasteiger partial charge in [-0.1, -0.05) is 13.8 Å². The molecule has 298 valence electrons. The van der Waals surface area contributed by atoms with Gasteiger partial charge in [-0.15, -0.1) is 0 Å². The molecule has 2 atom stereocenters. The first kappa shape index (κ1) is 41.2. The fourth-order valence-electron chi connectivity index (χ4n) is 5.70. The number of hydrogen-bond acceptors (Lipinski definition) is 10. The van der Waals surface area contributed by atoms with Crippen molar-refractivity contribution in [2.24, 2.45) is 22.0 Å². The lowest BCUT2D eigenvalue weighted by atomic mass is 9.92. The first-order chi connectivity index (χ1) is 26.4. The number of benzene rings is 3. The summed E-state index contributed by atoms with van der Waals surface area (Å²) in [5, 5.41) is 7.81. The van der Waals surface area contributed by atoms with Crippen LogP contribution in [0.15, 0.2) is 58.7 Å². The summed E-state index contributed by atoms with van der Waals surface area (Å²) in [6.07, 6.45) is 0.197. The van der Waals surface area contributed by atoms with E-state index in [0.29, 0.717) is 0 Å². The maximum Gasteiger partial charge on any atom is 0.338 e. The third-order valence-corrected chi connectivity index (χ3v) is 8.81. The molecule has 0 fully saturated rings. The van der Waals surface area contributed by atoms with Crippen LogP contribution in [-0.2, 0) is 19.1 Å². The van der Waals surface area contributed by atoms with Gasteiger partial charge in [-0.25, -0.2) is 29.2 Å². The smallest absolute Gasteiger partial charge is 0.338 e. The Balaban J connectivity index is 1.08. The molecule has 3 aromatic rings. The second kappa shape index (κ2) is 16.8. The third-order valence-electron chi connectivity index (χ3n) is 8.81. The number of hydrazone groups is 2. The number of carbonyl (C=O) groups is 4. The largest absolute Gasteiger partial charge is 0.487 e. The van der Waals surface area contributed by atoms with Crippen molar-refractivity contribution in [3.63, 3.8) is 0 Å². The summed E-state index contributed by atoms with van der Waals surface area (Å²) in [5.41, 5.74) is 4.66. The van der Waals surface area contributed by atoms with Gasteiger partial charge in [0.05, 0.1) is 22.6 Å². The average molecular weight is 791 g/mol. The van der Waals surface area contributed by atoms with Gasteiger partial charge < -0.3 is 18.9 Å². The number of rotatable bonds is 14. The number of hydrogen-bond donors (Lipinski definition) is 2. The predicted octanol–water partition coefficient (Wildman–Crippen LogP) is 6.04. The van der Waals surface area contributed by atoms with Crippen LogP contribution < -0.4 is 20.3 Å². The van der Waals surface area contributed by atoms with E-state index in [1.807, 2.05) is 0 Å². The second-order valence-corrected chi connectivity index (χ2v) is 13.4. The molecule has 18 heteroatoms. The number of nitrogens with zero attached hydrogens (tertiary/aromatic N) is 2. The van der Waals surface area contributed by atoms with Gasteiger partial charge in [0.2, 0.25) is 11.8 Å². The van der Waals surface area contributed by atoms with Gasteiger partial charge in [0.25, 0.3) is 0 Å². The number of esters is 2. The predicted molar refractivity (Wildman–Crippen MR) is 187 cm³/mol. The van der Waals surface area contributed by atoms with Crippen LogP contribution in [0.4, 0.5) is 26.3 Å². The van der Waals surface area contributed by atoms with Crippen LogP contribution in [0.1, 0.15) is 69.7 Å². The van der Waals surface area contributed by atoms with Gasteiger partial charge in [0.1, 0.15) is 23.1 Å². The Bertz CT molecular complexity index is 1940. The fourth-order valence-corrected chi connectivity index (χ4v) is 5.70. The highest BCUT2D eigenvalue weighted by molar-refractivity contribution is 6.07. The molecule has 2 amide bonds. The Labute approximate surface area is 316 Å². The summed E-state index contributed by atoms with van der Waals surface area (Å²) >= 11 is 0. The number of amides is 2. The molecule has 0 aromatic heterocycles. The molecule has 0 radical (unpaired) electrons. The molecule has 2 N–H and O–H groups in total. The Hall–Kier alpha value is -5.94. The van der Waals surface area contributed by atoms with Gasteiger partial charge in [-0.05, 0) is 62.4 Å². The monoisotopic (exact) mass is 790 g/mol. The molecule has 2 aliphatic rings. The van der Waals surface area contributed by atoms with Gasteiger partial charge in [0.15, 0.2) is 26.4 Å². The number of carbonyl (C=O) groups excluding carboxylic acids is 4. The minimum atomic E-state index is -3.71. The molecule has 0 saturated heterocycles. The lowest BCUT2D eigenvalue weighted by Crippen LogP contribution is -2.33. The molecule has 0 aliphatic carbocycles. The summed E-state index contributed by atoms with van der Waals surface area (Å²) in [6, 6.07) is 9.33. The number of nitrogens with one attached hydrogen (secondary N) is 2. The van der Waals surface area contributed by atoms with Crippen LogP contribution in [0.3, 0.4) is 0 Å². The highest BCUT2D eigenvalue weighted by Crippen LogP contribution is 2.30. The van der Waals surface area contributed by atoms with E-state index < -0.39 is 61.8 Å². The zero-order chi connectivity index (χ0) is 40.9.